The van der Waals surface area contributed by atoms with Gasteiger partial charge in [0.15, 0.2) is 0 Å². The zero-order valence-corrected chi connectivity index (χ0v) is 9.56. The van der Waals surface area contributed by atoms with E-state index in [-0.39, 0.29) is 0 Å². The molecule has 3 rings (SSSR count). The average Bonchev–Trinajstić information content (AvgIpc) is 2.40. The highest BCUT2D eigenvalue weighted by molar-refractivity contribution is 5.74. The van der Waals surface area contributed by atoms with E-state index < -0.39 is 0 Å². The maximum atomic E-state index is 4.30. The molecule has 0 amide bonds. The average molecular weight is 222 g/mol. The first kappa shape index (κ1) is 10.1. The van der Waals surface area contributed by atoms with Crippen LogP contribution in [0.15, 0.2) is 48.8 Å². The maximum absolute atomic E-state index is 4.30. The summed E-state index contributed by atoms with van der Waals surface area (Å²) in [5, 5.41) is 3.42. The third-order valence-corrected chi connectivity index (χ3v) is 2.99. The molecule has 0 bridgehead atoms. The van der Waals surface area contributed by atoms with Crippen LogP contribution in [0.4, 0.5) is 11.4 Å². The van der Waals surface area contributed by atoms with E-state index in [2.05, 4.69) is 34.6 Å². The summed E-state index contributed by atoms with van der Waals surface area (Å²) in [5.74, 6) is 0. The second-order valence-corrected chi connectivity index (χ2v) is 4.19. The van der Waals surface area contributed by atoms with Crippen molar-refractivity contribution in [3.63, 3.8) is 0 Å². The molecule has 0 spiro atoms. The summed E-state index contributed by atoms with van der Waals surface area (Å²) in [7, 11) is 0. The van der Waals surface area contributed by atoms with Crippen LogP contribution >= 0.6 is 0 Å². The lowest BCUT2D eigenvalue weighted by Crippen LogP contribution is -2.01. The number of nitrogens with one attached hydrogen (secondary N) is 1. The molecule has 1 aliphatic carbocycles. The topological polar surface area (TPSA) is 24.9 Å². The number of nitrogens with zero attached hydrogens (tertiary/aromatic N) is 1. The molecule has 2 heteroatoms. The fourth-order valence-corrected chi connectivity index (χ4v) is 2.13. The van der Waals surface area contributed by atoms with Crippen LogP contribution in [0, 0.1) is 0 Å². The van der Waals surface area contributed by atoms with Crippen LogP contribution in [0.3, 0.4) is 0 Å². The first-order chi connectivity index (χ1) is 8.43. The number of pyridine rings is 1. The van der Waals surface area contributed by atoms with Crippen LogP contribution in [-0.2, 0) is 6.42 Å². The standard InChI is InChI=1S/C15H14N2/c1-2-7-13(8-3-1)17-15-11-16-10-12-6-4-5-9-14(12)15/h1-3,5,7-11,17H,4,6H2. The number of hydrogen-bond donors (Lipinski definition) is 1. The van der Waals surface area contributed by atoms with Gasteiger partial charge in [0, 0.05) is 17.4 Å². The summed E-state index contributed by atoms with van der Waals surface area (Å²) in [5.41, 5.74) is 4.79. The largest absolute Gasteiger partial charge is 0.354 e. The molecule has 0 saturated heterocycles. The Balaban J connectivity index is 1.97. The van der Waals surface area contributed by atoms with Crippen LogP contribution < -0.4 is 5.32 Å². The van der Waals surface area contributed by atoms with Crippen LogP contribution in [0.2, 0.25) is 0 Å². The molecule has 84 valence electrons. The quantitative estimate of drug-likeness (QED) is 0.836. The van der Waals surface area contributed by atoms with Gasteiger partial charge in [-0.15, -0.1) is 0 Å². The monoisotopic (exact) mass is 222 g/mol. The Bertz CT molecular complexity index is 544. The fraction of sp³-hybridized carbons (Fsp3) is 0.133. The molecule has 2 aromatic rings. The summed E-state index contributed by atoms with van der Waals surface area (Å²) in [6, 6.07) is 10.2. The van der Waals surface area contributed by atoms with Gasteiger partial charge in [-0.1, -0.05) is 30.4 Å². The second-order valence-electron chi connectivity index (χ2n) is 4.19. The Morgan fingerprint density at radius 2 is 1.94 bits per heavy atom. The van der Waals surface area contributed by atoms with E-state index in [1.165, 1.54) is 11.1 Å². The molecule has 0 fully saturated rings. The van der Waals surface area contributed by atoms with Crippen molar-refractivity contribution in [1.82, 2.24) is 4.98 Å². The van der Waals surface area contributed by atoms with E-state index >= 15 is 0 Å². The number of anilines is 2. The zero-order valence-electron chi connectivity index (χ0n) is 9.56. The van der Waals surface area contributed by atoms with E-state index in [1.54, 1.807) is 0 Å². The lowest BCUT2D eigenvalue weighted by molar-refractivity contribution is 0.972. The molecule has 1 aliphatic rings. The molecule has 1 heterocycles. The van der Waals surface area contributed by atoms with Gasteiger partial charge in [-0.3, -0.25) is 4.98 Å². The van der Waals surface area contributed by atoms with Gasteiger partial charge in [-0.25, -0.2) is 0 Å². The summed E-state index contributed by atoms with van der Waals surface area (Å²) < 4.78 is 0. The van der Waals surface area contributed by atoms with Crippen molar-refractivity contribution in [2.24, 2.45) is 0 Å². The van der Waals surface area contributed by atoms with E-state index in [0.717, 1.165) is 24.2 Å². The third kappa shape index (κ3) is 2.07. The highest BCUT2D eigenvalue weighted by atomic mass is 14.9. The normalized spacial score (nSPS) is 13.2. The molecule has 17 heavy (non-hydrogen) atoms. The molecule has 1 aromatic heterocycles. The van der Waals surface area contributed by atoms with Gasteiger partial charge in [0.25, 0.3) is 0 Å². The summed E-state index contributed by atoms with van der Waals surface area (Å²) in [6.07, 6.45) is 10.5. The smallest absolute Gasteiger partial charge is 0.0646 e. The first-order valence-electron chi connectivity index (χ1n) is 5.89. The van der Waals surface area contributed by atoms with Crippen LogP contribution in [0.25, 0.3) is 6.08 Å². The molecular formula is C15H14N2. The molecule has 2 nitrogen and oxygen atoms in total. The number of rotatable bonds is 2. The summed E-state index contributed by atoms with van der Waals surface area (Å²) in [4.78, 5) is 4.30. The van der Waals surface area contributed by atoms with Crippen LogP contribution in [0.1, 0.15) is 17.5 Å². The highest BCUT2D eigenvalue weighted by Gasteiger charge is 2.09. The van der Waals surface area contributed by atoms with Crippen molar-refractivity contribution >= 4 is 17.5 Å². The van der Waals surface area contributed by atoms with Crippen LogP contribution in [-0.4, -0.2) is 4.98 Å². The van der Waals surface area contributed by atoms with Crippen molar-refractivity contribution < 1.29 is 0 Å². The second kappa shape index (κ2) is 4.42. The Hall–Kier alpha value is -2.09. The zero-order chi connectivity index (χ0) is 11.5. The minimum absolute atomic E-state index is 1.09. The molecule has 0 aliphatic heterocycles. The van der Waals surface area contributed by atoms with Gasteiger partial charge >= 0.3 is 0 Å². The summed E-state index contributed by atoms with van der Waals surface area (Å²) in [6.45, 7) is 0. The number of aryl methyl sites for hydroxylation is 1. The van der Waals surface area contributed by atoms with E-state index in [4.69, 9.17) is 0 Å². The molecule has 1 N–H and O–H groups in total. The predicted molar refractivity (Wildman–Crippen MR) is 71.3 cm³/mol. The Kier molecular flexibility index (Phi) is 2.62. The van der Waals surface area contributed by atoms with Crippen LogP contribution in [0.5, 0.6) is 0 Å². The Morgan fingerprint density at radius 1 is 1.06 bits per heavy atom. The number of fused-ring (bicyclic) bond motifs is 1. The molecule has 0 unspecified atom stereocenters. The molecule has 0 radical (unpaired) electrons. The van der Waals surface area contributed by atoms with Crippen molar-refractivity contribution in [2.75, 3.05) is 5.32 Å². The number of benzene rings is 1. The minimum Gasteiger partial charge on any atom is -0.354 e. The lowest BCUT2D eigenvalue weighted by atomic mass is 9.98. The third-order valence-electron chi connectivity index (χ3n) is 2.99. The van der Waals surface area contributed by atoms with E-state index in [9.17, 15) is 0 Å². The highest BCUT2D eigenvalue weighted by Crippen LogP contribution is 2.27. The van der Waals surface area contributed by atoms with E-state index in [1.807, 2.05) is 30.6 Å². The molecule has 1 aromatic carbocycles. The van der Waals surface area contributed by atoms with Gasteiger partial charge < -0.3 is 5.32 Å². The van der Waals surface area contributed by atoms with Gasteiger partial charge in [-0.2, -0.15) is 0 Å². The number of hydrogen-bond acceptors (Lipinski definition) is 2. The van der Waals surface area contributed by atoms with Gasteiger partial charge in [0.1, 0.15) is 0 Å². The Labute approximate surface area is 101 Å². The first-order valence-corrected chi connectivity index (χ1v) is 5.89. The lowest BCUT2D eigenvalue weighted by Gasteiger charge is -2.15. The van der Waals surface area contributed by atoms with Crippen molar-refractivity contribution in [1.29, 1.82) is 0 Å². The van der Waals surface area contributed by atoms with Gasteiger partial charge in [0.05, 0.1) is 11.9 Å². The Morgan fingerprint density at radius 3 is 2.82 bits per heavy atom. The van der Waals surface area contributed by atoms with Crippen molar-refractivity contribution in [2.45, 2.75) is 12.8 Å². The van der Waals surface area contributed by atoms with Gasteiger partial charge in [0.2, 0.25) is 0 Å². The van der Waals surface area contributed by atoms with Crippen molar-refractivity contribution in [3.8, 4) is 0 Å². The fourth-order valence-electron chi connectivity index (χ4n) is 2.13. The van der Waals surface area contributed by atoms with Gasteiger partial charge in [-0.05, 0) is 30.5 Å². The number of para-hydroxylation sites is 1. The molecule has 0 atom stereocenters. The minimum atomic E-state index is 1.09. The molecule has 0 saturated carbocycles. The number of aromatic nitrogens is 1. The van der Waals surface area contributed by atoms with Crippen molar-refractivity contribution in [3.05, 3.63) is 59.9 Å². The molecular weight excluding hydrogens is 208 g/mol. The SMILES string of the molecule is C1=Cc2c(cncc2Nc2ccccc2)CC1. The number of allylic oxidation sites excluding steroid dienone is 1. The maximum Gasteiger partial charge on any atom is 0.0646 e. The summed E-state index contributed by atoms with van der Waals surface area (Å²) >= 11 is 0. The van der Waals surface area contributed by atoms with E-state index in [0.29, 0.717) is 0 Å². The predicted octanol–water partition coefficient (Wildman–Crippen LogP) is 3.78.